The Morgan fingerprint density at radius 2 is 1.95 bits per heavy atom. The summed E-state index contributed by atoms with van der Waals surface area (Å²) < 4.78 is 61.0. The van der Waals surface area contributed by atoms with Gasteiger partial charge in [-0.2, -0.15) is 31.5 Å². The minimum absolute atomic E-state index is 0.0729. The van der Waals surface area contributed by atoms with Gasteiger partial charge in [0.05, 0.1) is 11.8 Å². The minimum Gasteiger partial charge on any atom is -0.199 e. The van der Waals surface area contributed by atoms with Crippen molar-refractivity contribution in [1.29, 1.82) is 0 Å². The van der Waals surface area contributed by atoms with Crippen LogP contribution in [0, 0.1) is 0 Å². The van der Waals surface area contributed by atoms with E-state index in [1.165, 1.54) is 18.2 Å². The van der Waals surface area contributed by atoms with E-state index in [1.807, 2.05) is 4.83 Å². The molecule has 0 unspecified atom stereocenters. The van der Waals surface area contributed by atoms with E-state index in [0.29, 0.717) is 0 Å². The van der Waals surface area contributed by atoms with Gasteiger partial charge >= 0.3 is 6.18 Å². The molecule has 0 aliphatic heterocycles. The van der Waals surface area contributed by atoms with E-state index in [0.717, 1.165) is 29.7 Å². The molecule has 112 valence electrons. The number of thiophene rings is 1. The van der Waals surface area contributed by atoms with E-state index in [-0.39, 0.29) is 9.77 Å². The topological polar surface area (TPSA) is 58.5 Å². The van der Waals surface area contributed by atoms with Gasteiger partial charge in [0.15, 0.2) is 0 Å². The second-order valence-corrected chi connectivity index (χ2v) is 6.74. The third-order valence-corrected chi connectivity index (χ3v) is 4.98. The summed E-state index contributed by atoms with van der Waals surface area (Å²) in [5.74, 6) is 0. The van der Waals surface area contributed by atoms with Gasteiger partial charge in [-0.25, -0.2) is 0 Å². The molecule has 1 aromatic heterocycles. The van der Waals surface area contributed by atoms with Crippen LogP contribution in [0.3, 0.4) is 0 Å². The van der Waals surface area contributed by atoms with Crippen LogP contribution in [0.15, 0.2) is 51.1 Å². The van der Waals surface area contributed by atoms with Gasteiger partial charge in [0.25, 0.3) is 10.0 Å². The van der Waals surface area contributed by atoms with Crippen LogP contribution < -0.4 is 4.83 Å². The van der Waals surface area contributed by atoms with Crippen molar-refractivity contribution in [2.75, 3.05) is 0 Å². The molecule has 0 saturated heterocycles. The summed E-state index contributed by atoms with van der Waals surface area (Å²) in [7, 11) is -3.78. The van der Waals surface area contributed by atoms with Gasteiger partial charge in [-0.15, -0.1) is 11.3 Å². The molecule has 2 rings (SSSR count). The van der Waals surface area contributed by atoms with E-state index >= 15 is 0 Å². The number of benzene rings is 1. The molecule has 4 nitrogen and oxygen atoms in total. The number of rotatable bonds is 4. The fraction of sp³-hybridized carbons (Fsp3) is 0.0833. The third kappa shape index (κ3) is 4.05. The van der Waals surface area contributed by atoms with Crippen molar-refractivity contribution < 1.29 is 21.6 Å². The van der Waals surface area contributed by atoms with E-state index < -0.39 is 21.8 Å². The van der Waals surface area contributed by atoms with Crippen molar-refractivity contribution in [3.63, 3.8) is 0 Å². The van der Waals surface area contributed by atoms with Crippen molar-refractivity contribution in [2.24, 2.45) is 5.10 Å². The van der Waals surface area contributed by atoms with Crippen LogP contribution in [0.1, 0.15) is 11.1 Å². The van der Waals surface area contributed by atoms with E-state index in [2.05, 4.69) is 5.10 Å². The lowest BCUT2D eigenvalue weighted by atomic mass is 10.1. The zero-order valence-electron chi connectivity index (χ0n) is 10.3. The molecule has 0 spiro atoms. The maximum absolute atomic E-state index is 12.5. The van der Waals surface area contributed by atoms with Gasteiger partial charge in [0.1, 0.15) is 4.21 Å². The molecule has 9 heteroatoms. The Bertz CT molecular complexity index is 738. The van der Waals surface area contributed by atoms with Crippen LogP contribution >= 0.6 is 11.3 Å². The summed E-state index contributed by atoms with van der Waals surface area (Å²) in [5, 5.41) is 5.06. The molecule has 0 radical (unpaired) electrons. The molecule has 1 heterocycles. The van der Waals surface area contributed by atoms with Crippen LogP contribution in [0.25, 0.3) is 0 Å². The number of sulfonamides is 1. The van der Waals surface area contributed by atoms with Crippen molar-refractivity contribution in [1.82, 2.24) is 4.83 Å². The fourth-order valence-corrected chi connectivity index (χ4v) is 3.20. The molecule has 0 amide bonds. The summed E-state index contributed by atoms with van der Waals surface area (Å²) in [5.41, 5.74) is -0.689. The second kappa shape index (κ2) is 5.86. The Morgan fingerprint density at radius 3 is 2.57 bits per heavy atom. The minimum atomic E-state index is -4.46. The summed E-state index contributed by atoms with van der Waals surface area (Å²) >= 11 is 1.01. The molecule has 0 bridgehead atoms. The normalized spacial score (nSPS) is 12.7. The first-order valence-corrected chi connectivity index (χ1v) is 7.91. The Kier molecular flexibility index (Phi) is 4.33. The average Bonchev–Trinajstić information content (AvgIpc) is 2.92. The highest BCUT2D eigenvalue weighted by atomic mass is 32.2. The lowest BCUT2D eigenvalue weighted by molar-refractivity contribution is -0.137. The Hall–Kier alpha value is -1.87. The number of alkyl halides is 3. The summed E-state index contributed by atoms with van der Waals surface area (Å²) in [6.45, 7) is 0. The van der Waals surface area contributed by atoms with Gasteiger partial charge in [0, 0.05) is 0 Å². The highest BCUT2D eigenvalue weighted by molar-refractivity contribution is 7.91. The average molecular weight is 334 g/mol. The molecule has 21 heavy (non-hydrogen) atoms. The molecule has 1 aromatic carbocycles. The quantitative estimate of drug-likeness (QED) is 0.690. The lowest BCUT2D eigenvalue weighted by Crippen LogP contribution is -2.17. The number of hydrogen-bond acceptors (Lipinski definition) is 4. The van der Waals surface area contributed by atoms with E-state index in [4.69, 9.17) is 0 Å². The SMILES string of the molecule is O=S(=O)(N/N=C/c1cccc(C(F)(F)F)c1)c1cccs1. The first kappa shape index (κ1) is 15.5. The molecule has 1 N–H and O–H groups in total. The Morgan fingerprint density at radius 1 is 1.19 bits per heavy atom. The first-order valence-electron chi connectivity index (χ1n) is 5.55. The molecule has 0 atom stereocenters. The van der Waals surface area contributed by atoms with Gasteiger partial charge < -0.3 is 0 Å². The molecule has 0 fully saturated rings. The van der Waals surface area contributed by atoms with Crippen molar-refractivity contribution in [3.05, 3.63) is 52.9 Å². The van der Waals surface area contributed by atoms with E-state index in [9.17, 15) is 21.6 Å². The standard InChI is InChI=1S/C12H9F3N2O2S2/c13-12(14,15)10-4-1-3-9(7-10)8-16-17-21(18,19)11-5-2-6-20-11/h1-8,17H/b16-8+. The monoisotopic (exact) mass is 334 g/mol. The number of nitrogens with one attached hydrogen (secondary N) is 1. The predicted octanol–water partition coefficient (Wildman–Crippen LogP) is 3.08. The summed E-state index contributed by atoms with van der Waals surface area (Å²) in [4.78, 5) is 1.94. The number of halogens is 3. The zero-order valence-corrected chi connectivity index (χ0v) is 12.0. The summed E-state index contributed by atoms with van der Waals surface area (Å²) in [6.07, 6.45) is -3.44. The third-order valence-electron chi connectivity index (χ3n) is 2.36. The smallest absolute Gasteiger partial charge is 0.199 e. The van der Waals surface area contributed by atoms with Crippen molar-refractivity contribution in [2.45, 2.75) is 10.4 Å². The molecular weight excluding hydrogens is 325 g/mol. The zero-order chi connectivity index (χ0) is 15.5. The second-order valence-electron chi connectivity index (χ2n) is 3.91. The Balaban J connectivity index is 2.12. The van der Waals surface area contributed by atoms with Gasteiger partial charge in [-0.3, -0.25) is 0 Å². The molecule has 0 aliphatic carbocycles. The Labute approximate surface area is 123 Å². The number of hydrazone groups is 1. The van der Waals surface area contributed by atoms with Crippen molar-refractivity contribution >= 4 is 27.6 Å². The number of hydrogen-bond donors (Lipinski definition) is 1. The van der Waals surface area contributed by atoms with Crippen LogP contribution in [-0.2, 0) is 16.2 Å². The van der Waals surface area contributed by atoms with Gasteiger partial charge in [0.2, 0.25) is 0 Å². The van der Waals surface area contributed by atoms with Crippen LogP contribution in [0.2, 0.25) is 0 Å². The van der Waals surface area contributed by atoms with Crippen molar-refractivity contribution in [3.8, 4) is 0 Å². The lowest BCUT2D eigenvalue weighted by Gasteiger charge is -2.06. The fourth-order valence-electron chi connectivity index (χ4n) is 1.43. The highest BCUT2D eigenvalue weighted by Gasteiger charge is 2.30. The van der Waals surface area contributed by atoms with Crippen LogP contribution in [0.4, 0.5) is 13.2 Å². The maximum Gasteiger partial charge on any atom is 0.416 e. The van der Waals surface area contributed by atoms with E-state index in [1.54, 1.807) is 11.4 Å². The molecule has 0 aliphatic rings. The molecule has 0 saturated carbocycles. The van der Waals surface area contributed by atoms with Crippen LogP contribution in [-0.4, -0.2) is 14.6 Å². The first-order chi connectivity index (χ1) is 9.79. The van der Waals surface area contributed by atoms with Gasteiger partial charge in [-0.1, -0.05) is 18.2 Å². The largest absolute Gasteiger partial charge is 0.416 e. The van der Waals surface area contributed by atoms with Gasteiger partial charge in [-0.05, 0) is 29.1 Å². The number of nitrogens with zero attached hydrogens (tertiary/aromatic N) is 1. The molecule has 2 aromatic rings. The highest BCUT2D eigenvalue weighted by Crippen LogP contribution is 2.29. The molecular formula is C12H9F3N2O2S2. The van der Waals surface area contributed by atoms with Crippen LogP contribution in [0.5, 0.6) is 0 Å². The predicted molar refractivity (Wildman–Crippen MR) is 73.7 cm³/mol. The summed E-state index contributed by atoms with van der Waals surface area (Å²) in [6, 6.07) is 7.37. The maximum atomic E-state index is 12.5.